The van der Waals surface area contributed by atoms with E-state index in [1.807, 2.05) is 6.08 Å². The van der Waals surface area contributed by atoms with Crippen molar-refractivity contribution >= 4 is 78.7 Å². The number of imide groups is 2. The number of nitrogens with zero attached hydrogens (tertiary/aromatic N) is 2. The molecule has 0 aromatic heterocycles. The van der Waals surface area contributed by atoms with Gasteiger partial charge in [-0.15, -0.1) is 23.2 Å². The molecule has 6 atom stereocenters. The van der Waals surface area contributed by atoms with E-state index in [4.69, 9.17) is 27.9 Å². The van der Waals surface area contributed by atoms with Crippen molar-refractivity contribution in [2.24, 2.45) is 17.8 Å². The van der Waals surface area contributed by atoms with E-state index in [1.165, 1.54) is 12.0 Å². The molecular formula is C24H22Br2Cl2N2O6. The molecule has 1 aromatic carbocycles. The van der Waals surface area contributed by atoms with Gasteiger partial charge in [-0.2, -0.15) is 0 Å². The molecule has 0 spiro atoms. The van der Waals surface area contributed by atoms with Gasteiger partial charge in [0.15, 0.2) is 21.2 Å². The lowest BCUT2D eigenvalue weighted by atomic mass is 9.56. The second-order valence-corrected chi connectivity index (χ2v) is 12.1. The summed E-state index contributed by atoms with van der Waals surface area (Å²) in [7, 11) is 1.39. The largest absolute Gasteiger partial charge is 0.504 e. The topological polar surface area (TPSA) is 104 Å². The quantitative estimate of drug-likeness (QED) is 0.227. The lowest BCUT2D eigenvalue weighted by Gasteiger charge is -2.50. The highest BCUT2D eigenvalue weighted by molar-refractivity contribution is 9.10. The number of hydrogen-bond acceptors (Lipinski definition) is 6. The molecule has 1 N–H and O–H groups in total. The van der Waals surface area contributed by atoms with Crippen molar-refractivity contribution in [3.05, 3.63) is 33.8 Å². The molecule has 4 amide bonds. The fourth-order valence-electron chi connectivity index (χ4n) is 6.45. The Hall–Kier alpha value is -1.62. The highest BCUT2D eigenvalue weighted by Crippen LogP contribution is 2.66. The Bertz CT molecular complexity index is 1260. The number of alkyl halides is 3. The number of carbonyl (C=O) groups is 4. The molecule has 2 saturated heterocycles. The zero-order valence-electron chi connectivity index (χ0n) is 19.3. The number of fused-ring (bicyclic) bond motifs is 4. The van der Waals surface area contributed by atoms with Gasteiger partial charge < -0.3 is 9.84 Å². The second-order valence-electron chi connectivity index (χ2n) is 9.45. The van der Waals surface area contributed by atoms with Crippen molar-refractivity contribution < 1.29 is 29.0 Å². The highest BCUT2D eigenvalue weighted by atomic mass is 79.9. The Morgan fingerprint density at radius 3 is 2.42 bits per heavy atom. The van der Waals surface area contributed by atoms with Crippen LogP contribution in [0.5, 0.6) is 11.5 Å². The summed E-state index contributed by atoms with van der Waals surface area (Å²) in [5, 5.41) is 11.2. The van der Waals surface area contributed by atoms with E-state index in [9.17, 15) is 24.3 Å². The fraction of sp³-hybridized carbons (Fsp3) is 0.500. The third-order valence-electron chi connectivity index (χ3n) is 8.02. The lowest BCUT2D eigenvalue weighted by molar-refractivity contribution is -0.141. The van der Waals surface area contributed by atoms with E-state index in [2.05, 4.69) is 31.9 Å². The summed E-state index contributed by atoms with van der Waals surface area (Å²) in [5.74, 6) is -5.11. The molecule has 1 aromatic rings. The number of likely N-dealkylation sites (tertiary alicyclic amines) is 2. The van der Waals surface area contributed by atoms with Gasteiger partial charge in [-0.1, -0.05) is 43.5 Å². The number of aromatic hydroxyl groups is 1. The molecular weight excluding hydrogens is 643 g/mol. The van der Waals surface area contributed by atoms with Gasteiger partial charge in [0.1, 0.15) is 0 Å². The summed E-state index contributed by atoms with van der Waals surface area (Å²) < 4.78 is 5.88. The highest BCUT2D eigenvalue weighted by Gasteiger charge is 2.76. The molecule has 4 aliphatic rings. The number of methoxy groups -OCH3 is 1. The Labute approximate surface area is 234 Å². The first-order chi connectivity index (χ1) is 17.0. The van der Waals surface area contributed by atoms with Crippen LogP contribution in [-0.4, -0.2) is 67.4 Å². The molecule has 0 bridgehead atoms. The van der Waals surface area contributed by atoms with Gasteiger partial charge in [-0.3, -0.25) is 29.0 Å². The van der Waals surface area contributed by atoms with Crippen molar-refractivity contribution in [1.82, 2.24) is 9.80 Å². The van der Waals surface area contributed by atoms with Crippen LogP contribution in [0.1, 0.15) is 31.2 Å². The van der Waals surface area contributed by atoms with E-state index >= 15 is 0 Å². The van der Waals surface area contributed by atoms with Crippen LogP contribution in [0.4, 0.5) is 0 Å². The Morgan fingerprint density at radius 2 is 1.81 bits per heavy atom. The van der Waals surface area contributed by atoms with Crippen molar-refractivity contribution in [3.8, 4) is 11.5 Å². The number of phenols is 1. The molecule has 3 fully saturated rings. The van der Waals surface area contributed by atoms with E-state index in [-0.39, 0.29) is 53.7 Å². The molecule has 5 rings (SSSR count). The minimum Gasteiger partial charge on any atom is -0.504 e. The number of amides is 4. The van der Waals surface area contributed by atoms with Crippen molar-refractivity contribution in [2.45, 2.75) is 35.4 Å². The average Bonchev–Trinajstić information content (AvgIpc) is 3.18. The van der Waals surface area contributed by atoms with Crippen LogP contribution in [-0.2, 0) is 19.2 Å². The van der Waals surface area contributed by atoms with Crippen LogP contribution in [0, 0.1) is 17.8 Å². The minimum absolute atomic E-state index is 0.0991. The number of hydrogen-bond donors (Lipinski definition) is 1. The standard InChI is InChI=1S/C24H22Br2Cl2N2O6/c1-3-29-19(32)12-5-4-11-14(16(12)20(29)33)8-23(27)21(34)30(9-25)22(35)24(23,28)17(11)13-6-10(26)7-15(36-2)18(13)31/h4,6-7,12,14,16-17,31H,3,5,8-9H2,1-2H3. The van der Waals surface area contributed by atoms with Gasteiger partial charge in [0.2, 0.25) is 11.8 Å². The zero-order valence-corrected chi connectivity index (χ0v) is 23.9. The SMILES string of the molecule is CCN1C(=O)C2CC=C3C(CC4(Cl)C(=O)N(CBr)C(=O)C4(Cl)C3c3cc(Br)cc(OC)c3O)C2C1=O. The van der Waals surface area contributed by atoms with Crippen LogP contribution in [0.15, 0.2) is 28.3 Å². The molecule has 1 saturated carbocycles. The third kappa shape index (κ3) is 3.10. The number of halogens is 4. The van der Waals surface area contributed by atoms with Crippen LogP contribution >= 0.6 is 55.1 Å². The van der Waals surface area contributed by atoms with Crippen LogP contribution in [0.25, 0.3) is 0 Å². The predicted molar refractivity (Wildman–Crippen MR) is 138 cm³/mol. The molecule has 2 aliphatic heterocycles. The smallest absolute Gasteiger partial charge is 0.254 e. The number of benzene rings is 1. The molecule has 12 heteroatoms. The Kier molecular flexibility index (Phi) is 6.29. The first-order valence-electron chi connectivity index (χ1n) is 11.4. The minimum atomic E-state index is -1.99. The fourth-order valence-corrected chi connectivity index (χ4v) is 8.32. The normalized spacial score (nSPS) is 35.6. The first-order valence-corrected chi connectivity index (χ1v) is 14.1. The summed E-state index contributed by atoms with van der Waals surface area (Å²) in [6, 6.07) is 3.16. The summed E-state index contributed by atoms with van der Waals surface area (Å²) in [6.07, 6.45) is 1.99. The van der Waals surface area contributed by atoms with Gasteiger partial charge in [0.05, 0.1) is 24.4 Å². The Balaban J connectivity index is 1.79. The molecule has 2 aliphatic carbocycles. The van der Waals surface area contributed by atoms with Gasteiger partial charge in [0.25, 0.3) is 11.8 Å². The molecule has 2 heterocycles. The van der Waals surface area contributed by atoms with Crippen LogP contribution in [0.2, 0.25) is 0 Å². The number of ether oxygens (including phenoxy) is 1. The maximum absolute atomic E-state index is 13.7. The summed E-state index contributed by atoms with van der Waals surface area (Å²) in [4.78, 5) is 52.0. The average molecular weight is 665 g/mol. The second kappa shape index (κ2) is 8.71. The Morgan fingerprint density at radius 1 is 1.11 bits per heavy atom. The predicted octanol–water partition coefficient (Wildman–Crippen LogP) is 3.89. The van der Waals surface area contributed by atoms with Crippen molar-refractivity contribution in [2.75, 3.05) is 19.1 Å². The third-order valence-corrected chi connectivity index (χ3v) is 10.4. The maximum Gasteiger partial charge on any atom is 0.254 e. The van der Waals surface area contributed by atoms with Crippen LogP contribution in [0.3, 0.4) is 0 Å². The molecule has 36 heavy (non-hydrogen) atoms. The van der Waals surface area contributed by atoms with Crippen LogP contribution < -0.4 is 4.74 Å². The van der Waals surface area contributed by atoms with Gasteiger partial charge >= 0.3 is 0 Å². The summed E-state index contributed by atoms with van der Waals surface area (Å²) in [5.41, 5.74) is 0.720. The maximum atomic E-state index is 13.7. The molecule has 6 unspecified atom stereocenters. The summed E-state index contributed by atoms with van der Waals surface area (Å²) >= 11 is 20.9. The van der Waals surface area contributed by atoms with Gasteiger partial charge in [-0.25, -0.2) is 0 Å². The van der Waals surface area contributed by atoms with Gasteiger partial charge in [-0.05, 0) is 37.8 Å². The van der Waals surface area contributed by atoms with Crippen molar-refractivity contribution in [3.63, 3.8) is 0 Å². The summed E-state index contributed by atoms with van der Waals surface area (Å²) in [6.45, 7) is 1.97. The van der Waals surface area contributed by atoms with E-state index in [0.29, 0.717) is 10.0 Å². The number of carbonyl (C=O) groups excluding carboxylic acids is 4. The monoisotopic (exact) mass is 662 g/mol. The molecule has 0 radical (unpaired) electrons. The number of rotatable bonds is 4. The van der Waals surface area contributed by atoms with Crippen molar-refractivity contribution in [1.29, 1.82) is 0 Å². The number of phenolic OH excluding ortho intramolecular Hbond substituents is 1. The first kappa shape index (κ1) is 26.0. The van der Waals surface area contributed by atoms with E-state index < -0.39 is 45.2 Å². The zero-order chi connectivity index (χ0) is 26.3. The number of allylic oxidation sites excluding steroid dienone is 2. The lowest BCUT2D eigenvalue weighted by Crippen LogP contribution is -2.60. The van der Waals surface area contributed by atoms with E-state index in [0.717, 1.165) is 4.90 Å². The molecule has 192 valence electrons. The molecule has 8 nitrogen and oxygen atoms in total. The van der Waals surface area contributed by atoms with Gasteiger partial charge in [0, 0.05) is 22.5 Å². The van der Waals surface area contributed by atoms with E-state index in [1.54, 1.807) is 19.1 Å².